The van der Waals surface area contributed by atoms with E-state index in [9.17, 15) is 19.2 Å². The lowest BCUT2D eigenvalue weighted by molar-refractivity contribution is 0.0197. The summed E-state index contributed by atoms with van der Waals surface area (Å²) in [5, 5.41) is 15.1. The quantitative estimate of drug-likeness (QED) is 0.262. The summed E-state index contributed by atoms with van der Waals surface area (Å²) in [4.78, 5) is 54.7. The van der Waals surface area contributed by atoms with Gasteiger partial charge in [0.05, 0.1) is 45.5 Å². The third-order valence-corrected chi connectivity index (χ3v) is 8.72. The number of carbonyl (C=O) groups is 4. The number of anilines is 1. The van der Waals surface area contributed by atoms with Crippen molar-refractivity contribution in [1.29, 1.82) is 0 Å². The predicted molar refractivity (Wildman–Crippen MR) is 164 cm³/mol. The summed E-state index contributed by atoms with van der Waals surface area (Å²) < 4.78 is 10.8. The van der Waals surface area contributed by atoms with Gasteiger partial charge in [-0.15, -0.1) is 11.3 Å². The van der Waals surface area contributed by atoms with E-state index in [0.717, 1.165) is 0 Å². The molecule has 0 unspecified atom stereocenters. The molecule has 2 fully saturated rings. The van der Waals surface area contributed by atoms with Gasteiger partial charge in [0.25, 0.3) is 5.91 Å². The van der Waals surface area contributed by atoms with E-state index in [1.165, 1.54) is 11.3 Å². The normalized spacial score (nSPS) is 17.2. The summed E-state index contributed by atoms with van der Waals surface area (Å²) in [6, 6.07) is 8.28. The number of hydrazine groups is 1. The number of fused-ring (bicyclic) bond motifs is 3. The van der Waals surface area contributed by atoms with E-state index in [1.807, 2.05) is 20.8 Å². The number of nitrogens with zero attached hydrogens (tertiary/aromatic N) is 3. The number of hydrogen-bond acceptors (Lipinski definition) is 9. The molecule has 4 amide bonds. The van der Waals surface area contributed by atoms with Gasteiger partial charge in [-0.3, -0.25) is 20.1 Å². The van der Waals surface area contributed by atoms with Crippen molar-refractivity contribution in [2.24, 2.45) is 0 Å². The fourth-order valence-corrected chi connectivity index (χ4v) is 6.42. The molecule has 2 saturated heterocycles. The summed E-state index contributed by atoms with van der Waals surface area (Å²) in [5.41, 5.74) is 5.08. The molecule has 0 spiro atoms. The number of amides is 4. The number of aromatic nitrogens is 2. The minimum Gasteiger partial charge on any atom is -0.444 e. The number of thiophene rings is 1. The number of aromatic amines is 1. The molecule has 0 saturated carbocycles. The molecule has 13 nitrogen and oxygen atoms in total. The Morgan fingerprint density at radius 1 is 1.05 bits per heavy atom. The summed E-state index contributed by atoms with van der Waals surface area (Å²) in [5.74, 6) is -0.460. The molecule has 0 bridgehead atoms. The Bertz CT molecular complexity index is 1590. The van der Waals surface area contributed by atoms with Gasteiger partial charge in [-0.2, -0.15) is 5.10 Å². The molecule has 14 heteroatoms. The minimum atomic E-state index is -0.556. The summed E-state index contributed by atoms with van der Waals surface area (Å²) in [6.07, 6.45) is 0.920. The number of likely N-dealkylation sites (tertiary alicyclic amines) is 1. The number of benzene rings is 1. The summed E-state index contributed by atoms with van der Waals surface area (Å²) in [6.45, 7) is 8.73. The molecule has 232 valence electrons. The van der Waals surface area contributed by atoms with Crippen molar-refractivity contribution in [3.63, 3.8) is 0 Å². The Hall–Kier alpha value is -4.27. The maximum atomic E-state index is 13.7. The van der Waals surface area contributed by atoms with Crippen LogP contribution in [0.4, 0.5) is 15.3 Å². The number of morpholine rings is 1. The Morgan fingerprint density at radius 3 is 2.52 bits per heavy atom. The van der Waals surface area contributed by atoms with Crippen LogP contribution in [0, 0.1) is 0 Å². The number of rotatable bonds is 5. The molecule has 3 aromatic rings. The highest BCUT2D eigenvalue weighted by atomic mass is 32.1. The van der Waals surface area contributed by atoms with Crippen LogP contribution in [0.15, 0.2) is 30.3 Å². The highest BCUT2D eigenvalue weighted by Crippen LogP contribution is 2.44. The second kappa shape index (κ2) is 12.0. The van der Waals surface area contributed by atoms with Crippen LogP contribution in [0.2, 0.25) is 0 Å². The molecular formula is C30H35N7O6S. The fraction of sp³-hybridized carbons (Fsp3) is 0.433. The first kappa shape index (κ1) is 29.8. The van der Waals surface area contributed by atoms with Crippen molar-refractivity contribution < 1.29 is 28.7 Å². The van der Waals surface area contributed by atoms with Crippen LogP contribution in [0.3, 0.4) is 0 Å². The molecule has 44 heavy (non-hydrogen) atoms. The monoisotopic (exact) mass is 621 g/mol. The number of carbonyl (C=O) groups excluding carboxylic acids is 4. The summed E-state index contributed by atoms with van der Waals surface area (Å²) >= 11 is 1.26. The van der Waals surface area contributed by atoms with E-state index in [0.29, 0.717) is 95.8 Å². The number of nitrogens with one attached hydrogen (secondary N) is 4. The van der Waals surface area contributed by atoms with Crippen molar-refractivity contribution >= 4 is 40.8 Å². The highest BCUT2D eigenvalue weighted by molar-refractivity contribution is 7.17. The largest absolute Gasteiger partial charge is 0.444 e. The third kappa shape index (κ3) is 6.18. The number of ketones is 1. The van der Waals surface area contributed by atoms with Crippen LogP contribution < -0.4 is 16.1 Å². The lowest BCUT2D eigenvalue weighted by Gasteiger charge is -2.33. The van der Waals surface area contributed by atoms with Crippen molar-refractivity contribution in [2.75, 3.05) is 44.7 Å². The smallest absolute Gasteiger partial charge is 0.410 e. The maximum absolute atomic E-state index is 13.7. The van der Waals surface area contributed by atoms with E-state index in [1.54, 1.807) is 40.2 Å². The second-order valence-electron chi connectivity index (χ2n) is 11.9. The molecule has 0 radical (unpaired) electrons. The van der Waals surface area contributed by atoms with Gasteiger partial charge < -0.3 is 25.0 Å². The van der Waals surface area contributed by atoms with Gasteiger partial charge in [-0.1, -0.05) is 12.1 Å². The molecule has 1 aliphatic carbocycles. The molecule has 1 aromatic carbocycles. The number of piperidine rings is 1. The topological polar surface area (TPSA) is 158 Å². The van der Waals surface area contributed by atoms with Crippen molar-refractivity contribution in [2.45, 2.75) is 45.3 Å². The van der Waals surface area contributed by atoms with Gasteiger partial charge in [0.15, 0.2) is 5.78 Å². The molecule has 3 aliphatic rings. The molecule has 2 aromatic heterocycles. The lowest BCUT2D eigenvalue weighted by Crippen LogP contribution is -2.49. The van der Waals surface area contributed by atoms with Crippen LogP contribution in [0.1, 0.15) is 59.2 Å². The molecule has 4 N–H and O–H groups in total. The Morgan fingerprint density at radius 2 is 1.80 bits per heavy atom. The van der Waals surface area contributed by atoms with Crippen LogP contribution in [-0.4, -0.2) is 95.0 Å². The summed E-state index contributed by atoms with van der Waals surface area (Å²) in [7, 11) is 0. The Kier molecular flexibility index (Phi) is 8.14. The van der Waals surface area contributed by atoms with Crippen molar-refractivity contribution in [3.05, 3.63) is 46.3 Å². The van der Waals surface area contributed by atoms with E-state index in [4.69, 9.17) is 9.47 Å². The highest BCUT2D eigenvalue weighted by Gasteiger charge is 2.36. The Labute approximate surface area is 258 Å². The fourth-order valence-electron chi connectivity index (χ4n) is 5.51. The van der Waals surface area contributed by atoms with E-state index < -0.39 is 11.6 Å². The van der Waals surface area contributed by atoms with Crippen molar-refractivity contribution in [3.8, 4) is 21.8 Å². The average molecular weight is 622 g/mol. The Balaban J connectivity index is 1.11. The lowest BCUT2D eigenvalue weighted by atomic mass is 10.1. The van der Waals surface area contributed by atoms with Gasteiger partial charge in [-0.25, -0.2) is 14.6 Å². The number of urea groups is 1. The van der Waals surface area contributed by atoms with Crippen LogP contribution in [0.25, 0.3) is 21.8 Å². The zero-order valence-corrected chi connectivity index (χ0v) is 25.6. The first-order chi connectivity index (χ1) is 21.1. The standard InChI is InChI=1S/C30H35N7O6S/c1-30(2,3)43-29(41)36-11-9-17(10-12-36)31-27(39)21-8-7-20(44-21)25-23-24(33-34-25)18-5-4-6-19(22(18)26(23)38)32-28(40)35-37-13-15-42-16-14-37/h4-8,17H,9-16H2,1-3H3,(H,31,39)(H,33,34)(H2,32,35,40). The van der Waals surface area contributed by atoms with E-state index >= 15 is 0 Å². The van der Waals surface area contributed by atoms with Gasteiger partial charge in [0.2, 0.25) is 0 Å². The van der Waals surface area contributed by atoms with Crippen molar-refractivity contribution in [1.82, 2.24) is 30.8 Å². The molecule has 6 rings (SSSR count). The predicted octanol–water partition coefficient (Wildman–Crippen LogP) is 3.85. The second-order valence-corrected chi connectivity index (χ2v) is 13.0. The zero-order valence-electron chi connectivity index (χ0n) is 24.8. The first-order valence-corrected chi connectivity index (χ1v) is 15.4. The van der Waals surface area contributed by atoms with Crippen LogP contribution in [-0.2, 0) is 9.47 Å². The molecular weight excluding hydrogens is 586 g/mol. The van der Waals surface area contributed by atoms with Crippen LogP contribution >= 0.6 is 11.3 Å². The van der Waals surface area contributed by atoms with Gasteiger partial charge in [-0.05, 0) is 51.8 Å². The minimum absolute atomic E-state index is 0.0643. The van der Waals surface area contributed by atoms with Gasteiger partial charge in [0.1, 0.15) is 11.3 Å². The number of H-pyrrole nitrogens is 1. The molecule has 2 aliphatic heterocycles. The molecule has 4 heterocycles. The number of hydrogen-bond donors (Lipinski definition) is 4. The van der Waals surface area contributed by atoms with E-state index in [2.05, 4.69) is 26.3 Å². The average Bonchev–Trinajstić information content (AvgIpc) is 3.70. The third-order valence-electron chi connectivity index (χ3n) is 7.62. The van der Waals surface area contributed by atoms with Gasteiger partial charge in [0, 0.05) is 37.8 Å². The van der Waals surface area contributed by atoms with E-state index in [-0.39, 0.29) is 23.8 Å². The van der Waals surface area contributed by atoms with Gasteiger partial charge >= 0.3 is 12.1 Å². The SMILES string of the molecule is CC(C)(C)OC(=O)N1CCC(NC(=O)c2ccc(-c3[nH]nc4c3C(=O)c3c(NC(=O)NN5CCOCC5)cccc3-4)s2)CC1. The van der Waals surface area contributed by atoms with Crippen LogP contribution in [0.5, 0.6) is 0 Å². The maximum Gasteiger partial charge on any atom is 0.410 e. The number of ether oxygens (including phenoxy) is 2. The molecule has 0 atom stereocenters. The zero-order chi connectivity index (χ0) is 31.0. The first-order valence-electron chi connectivity index (χ1n) is 14.6.